The molecule has 9 nitrogen and oxygen atoms in total. The molecule has 1 N–H and O–H groups in total. The second kappa shape index (κ2) is 6.81. The van der Waals surface area contributed by atoms with Gasteiger partial charge in [-0.3, -0.25) is 9.59 Å². The summed E-state index contributed by atoms with van der Waals surface area (Å²) in [5.74, 6) is 0.310. The van der Waals surface area contributed by atoms with E-state index < -0.39 is 5.54 Å². The van der Waals surface area contributed by atoms with Crippen LogP contribution in [0.25, 0.3) is 10.9 Å². The number of carbonyl (C=O) groups is 2. The van der Waals surface area contributed by atoms with Crippen molar-refractivity contribution in [3.05, 3.63) is 71.4 Å². The molecule has 1 saturated carbocycles. The van der Waals surface area contributed by atoms with Crippen molar-refractivity contribution in [2.75, 3.05) is 13.6 Å². The Kier molecular flexibility index (Phi) is 4.01. The molecule has 1 aromatic carbocycles. The number of oxazole rings is 1. The lowest BCUT2D eigenvalue weighted by atomic mass is 10.0. The number of hydrogen-bond donors (Lipinski definition) is 1. The first-order valence-electron chi connectivity index (χ1n) is 10.6. The fourth-order valence-electron chi connectivity index (χ4n) is 4.59. The zero-order chi connectivity index (χ0) is 21.9. The van der Waals surface area contributed by atoms with Crippen molar-refractivity contribution in [3.8, 4) is 0 Å². The Hall–Kier alpha value is -3.88. The van der Waals surface area contributed by atoms with Gasteiger partial charge in [0, 0.05) is 36.5 Å². The van der Waals surface area contributed by atoms with Crippen molar-refractivity contribution in [1.29, 1.82) is 0 Å². The molecule has 32 heavy (non-hydrogen) atoms. The number of hydrogen-bond acceptors (Lipinski definition) is 6. The first-order valence-corrected chi connectivity index (χ1v) is 10.6. The van der Waals surface area contributed by atoms with E-state index in [9.17, 15) is 9.59 Å². The second-order valence-corrected chi connectivity index (χ2v) is 8.45. The molecule has 0 atom stereocenters. The fraction of sp³-hybridized carbons (Fsp3) is 0.304. The molecule has 162 valence electrons. The minimum atomic E-state index is -0.468. The van der Waals surface area contributed by atoms with Crippen molar-refractivity contribution in [1.82, 2.24) is 24.9 Å². The molecular weight excluding hydrogens is 410 g/mol. The van der Waals surface area contributed by atoms with Crippen molar-refractivity contribution in [3.63, 3.8) is 0 Å². The van der Waals surface area contributed by atoms with Gasteiger partial charge in [-0.25, -0.2) is 4.98 Å². The quantitative estimate of drug-likeness (QED) is 0.532. The average molecular weight is 431 g/mol. The molecule has 1 fully saturated rings. The summed E-state index contributed by atoms with van der Waals surface area (Å²) in [5, 5.41) is 5.07. The molecule has 4 aromatic rings. The van der Waals surface area contributed by atoms with Crippen molar-refractivity contribution < 1.29 is 18.5 Å². The van der Waals surface area contributed by atoms with Gasteiger partial charge in [-0.15, -0.1) is 0 Å². The van der Waals surface area contributed by atoms with Crippen LogP contribution in [0.2, 0.25) is 0 Å². The summed E-state index contributed by atoms with van der Waals surface area (Å²) < 4.78 is 10.6. The monoisotopic (exact) mass is 431 g/mol. The van der Waals surface area contributed by atoms with Crippen LogP contribution in [0.3, 0.4) is 0 Å². The topological polar surface area (TPSA) is 108 Å². The minimum absolute atomic E-state index is 0.110. The first-order chi connectivity index (χ1) is 15.6. The van der Waals surface area contributed by atoms with E-state index >= 15 is 0 Å². The Balaban J connectivity index is 1.26. The lowest BCUT2D eigenvalue weighted by Gasteiger charge is -2.28. The molecular formula is C23H21N5O4. The maximum atomic E-state index is 13.4. The molecule has 6 rings (SSSR count). The van der Waals surface area contributed by atoms with E-state index in [0.717, 1.165) is 29.4 Å². The Labute approximate surface area is 183 Å². The van der Waals surface area contributed by atoms with Gasteiger partial charge in [0.05, 0.1) is 12.1 Å². The molecule has 1 aliphatic heterocycles. The third-order valence-electron chi connectivity index (χ3n) is 6.66. The van der Waals surface area contributed by atoms with Gasteiger partial charge in [-0.2, -0.15) is 0 Å². The van der Waals surface area contributed by atoms with Crippen molar-refractivity contribution >= 4 is 22.7 Å². The summed E-state index contributed by atoms with van der Waals surface area (Å²) >= 11 is 0. The number of fused-ring (bicyclic) bond motifs is 2. The van der Waals surface area contributed by atoms with Gasteiger partial charge < -0.3 is 23.7 Å². The Morgan fingerprint density at radius 1 is 1.25 bits per heavy atom. The van der Waals surface area contributed by atoms with Crippen molar-refractivity contribution in [2.45, 2.75) is 31.3 Å². The Morgan fingerprint density at radius 2 is 2.09 bits per heavy atom. The minimum Gasteiger partial charge on any atom is -0.451 e. The van der Waals surface area contributed by atoms with E-state index in [2.05, 4.69) is 15.1 Å². The predicted molar refractivity (Wildman–Crippen MR) is 113 cm³/mol. The second-order valence-electron chi connectivity index (χ2n) is 8.45. The number of rotatable bonds is 4. The normalized spacial score (nSPS) is 16.7. The summed E-state index contributed by atoms with van der Waals surface area (Å²) in [6, 6.07) is 9.63. The Bertz CT molecular complexity index is 1300. The smallest absolute Gasteiger partial charge is 0.276 e. The van der Waals surface area contributed by atoms with Crippen LogP contribution >= 0.6 is 0 Å². The molecule has 9 heteroatoms. The lowest BCUT2D eigenvalue weighted by molar-refractivity contribution is 0.0677. The molecule has 3 aromatic heterocycles. The van der Waals surface area contributed by atoms with E-state index in [1.165, 1.54) is 6.39 Å². The number of benzene rings is 1. The number of nitrogens with zero attached hydrogens (tertiary/aromatic N) is 4. The standard InChI is InChI=1S/C23H21N5O4/c1-27(23(7-8-23)19-12-31-13-24-19)22(30)20-15-11-28(9-6-18(15)32-26-20)21(29)17-10-14-4-2-3-5-16(14)25-17/h2-5,10,12-13,25H,6-9,11H2,1H3. The van der Waals surface area contributed by atoms with Gasteiger partial charge in [-0.05, 0) is 25.0 Å². The highest BCUT2D eigenvalue weighted by Crippen LogP contribution is 2.50. The molecule has 2 aliphatic rings. The third-order valence-corrected chi connectivity index (χ3v) is 6.66. The van der Waals surface area contributed by atoms with Gasteiger partial charge in [0.2, 0.25) is 0 Å². The molecule has 0 unspecified atom stereocenters. The van der Waals surface area contributed by atoms with Crippen LogP contribution in [0.5, 0.6) is 0 Å². The summed E-state index contributed by atoms with van der Waals surface area (Å²) in [6.07, 6.45) is 5.09. The van der Waals surface area contributed by atoms with Crippen molar-refractivity contribution in [2.24, 2.45) is 0 Å². The molecule has 0 bridgehead atoms. The number of H-pyrrole nitrogens is 1. The zero-order valence-electron chi connectivity index (χ0n) is 17.5. The maximum absolute atomic E-state index is 13.4. The van der Waals surface area contributed by atoms with E-state index in [0.29, 0.717) is 30.0 Å². The number of amides is 2. The molecule has 0 saturated heterocycles. The van der Waals surface area contributed by atoms with Gasteiger partial charge in [0.15, 0.2) is 12.1 Å². The number of para-hydroxylation sites is 1. The summed E-state index contributed by atoms with van der Waals surface area (Å²) in [4.78, 5) is 37.4. The Morgan fingerprint density at radius 3 is 2.84 bits per heavy atom. The van der Waals surface area contributed by atoms with E-state index in [4.69, 9.17) is 8.94 Å². The summed E-state index contributed by atoms with van der Waals surface area (Å²) in [7, 11) is 1.75. The van der Waals surface area contributed by atoms with Crippen LogP contribution in [-0.4, -0.2) is 50.3 Å². The number of carbonyl (C=O) groups excluding carboxylic acids is 2. The van der Waals surface area contributed by atoms with Gasteiger partial charge in [-0.1, -0.05) is 23.4 Å². The highest BCUT2D eigenvalue weighted by molar-refractivity contribution is 5.99. The first kappa shape index (κ1) is 18.9. The molecule has 0 spiro atoms. The van der Waals surface area contributed by atoms with Crippen LogP contribution in [0, 0.1) is 0 Å². The molecule has 2 amide bonds. The summed E-state index contributed by atoms with van der Waals surface area (Å²) in [5.41, 5.74) is 2.64. The maximum Gasteiger partial charge on any atom is 0.276 e. The van der Waals surface area contributed by atoms with E-state index in [1.807, 2.05) is 30.3 Å². The average Bonchev–Trinajstić information content (AvgIpc) is 3.20. The van der Waals surface area contributed by atoms with Crippen LogP contribution in [0.15, 0.2) is 51.9 Å². The van der Waals surface area contributed by atoms with Crippen LogP contribution in [0.1, 0.15) is 50.8 Å². The summed E-state index contributed by atoms with van der Waals surface area (Å²) in [6.45, 7) is 0.779. The van der Waals surface area contributed by atoms with Crippen LogP contribution < -0.4 is 0 Å². The predicted octanol–water partition coefficient (Wildman–Crippen LogP) is 3.10. The zero-order valence-corrected chi connectivity index (χ0v) is 17.5. The van der Waals surface area contributed by atoms with Gasteiger partial charge in [0.25, 0.3) is 11.8 Å². The van der Waals surface area contributed by atoms with Crippen LogP contribution in [-0.2, 0) is 18.5 Å². The lowest BCUT2D eigenvalue weighted by Crippen LogP contribution is -2.40. The number of aromatic amines is 1. The highest BCUT2D eigenvalue weighted by Gasteiger charge is 2.53. The largest absolute Gasteiger partial charge is 0.451 e. The highest BCUT2D eigenvalue weighted by atomic mass is 16.5. The number of aromatic nitrogens is 3. The third kappa shape index (κ3) is 2.77. The molecule has 0 radical (unpaired) electrons. The molecule has 4 heterocycles. The number of nitrogens with one attached hydrogen (secondary N) is 1. The van der Waals surface area contributed by atoms with Crippen LogP contribution in [0.4, 0.5) is 0 Å². The molecule has 1 aliphatic carbocycles. The SMILES string of the molecule is CN(C(=O)c1noc2c1CN(C(=O)c1cc3ccccc3[nH]1)CC2)C1(c2cocn2)CC1. The fourth-order valence-corrected chi connectivity index (χ4v) is 4.59. The van der Waals surface area contributed by atoms with E-state index in [-0.39, 0.29) is 24.1 Å². The van der Waals surface area contributed by atoms with Gasteiger partial charge in [0.1, 0.15) is 23.4 Å². The van der Waals surface area contributed by atoms with E-state index in [1.54, 1.807) is 23.1 Å². The van der Waals surface area contributed by atoms with Gasteiger partial charge >= 0.3 is 0 Å².